The molecule has 0 bridgehead atoms. The molecule has 1 fully saturated rings. The second-order valence-corrected chi connectivity index (χ2v) is 6.37. The van der Waals surface area contributed by atoms with Gasteiger partial charge in [-0.05, 0) is 23.3 Å². The van der Waals surface area contributed by atoms with Crippen molar-refractivity contribution < 1.29 is 23.8 Å². The first-order valence-electron chi connectivity index (χ1n) is 8.74. The van der Waals surface area contributed by atoms with Gasteiger partial charge in [-0.2, -0.15) is 0 Å². The molecule has 6 nitrogen and oxygen atoms in total. The minimum Gasteiger partial charge on any atom is -0.481 e. The number of carboxylic acid groups (broad SMARTS) is 1. The topological polar surface area (TPSA) is 70.1 Å². The van der Waals surface area contributed by atoms with E-state index in [0.717, 1.165) is 5.56 Å². The van der Waals surface area contributed by atoms with Crippen LogP contribution in [-0.2, 0) is 22.6 Å². The van der Waals surface area contributed by atoms with Gasteiger partial charge < -0.3 is 19.6 Å². The maximum atomic E-state index is 14.3. The Kier molecular flexibility index (Phi) is 5.90. The molecule has 1 aliphatic rings. The van der Waals surface area contributed by atoms with Gasteiger partial charge in [-0.25, -0.2) is 9.18 Å². The minimum absolute atomic E-state index is 0.210. The van der Waals surface area contributed by atoms with Crippen LogP contribution in [0.3, 0.4) is 0 Å². The van der Waals surface area contributed by atoms with E-state index in [1.165, 1.54) is 6.07 Å². The molecule has 3 rings (SSSR count). The van der Waals surface area contributed by atoms with Gasteiger partial charge in [-0.3, -0.25) is 4.79 Å². The molecule has 0 aliphatic carbocycles. The number of rotatable bonds is 5. The third-order valence-electron chi connectivity index (χ3n) is 4.45. The molecule has 1 saturated heterocycles. The number of carboxylic acids is 1. The standard InChI is InChI=1S/C20H21FN2O4/c21-17-12-16(13-19(24)25)6-7-18(17)22-8-10-23(11-9-22)20(26)27-14-15-4-2-1-3-5-15/h1-7,12H,8-11,13-14H2,(H,24,25). The van der Waals surface area contributed by atoms with E-state index in [1.54, 1.807) is 17.0 Å². The van der Waals surface area contributed by atoms with Gasteiger partial charge in [0.05, 0.1) is 12.1 Å². The Bertz CT molecular complexity index is 805. The number of carbonyl (C=O) groups is 2. The van der Waals surface area contributed by atoms with Crippen LogP contribution in [0.25, 0.3) is 0 Å². The molecule has 1 heterocycles. The number of benzene rings is 2. The summed E-state index contributed by atoms with van der Waals surface area (Å²) in [6.45, 7) is 2.05. The molecule has 1 aliphatic heterocycles. The Morgan fingerprint density at radius 3 is 2.33 bits per heavy atom. The molecule has 0 saturated carbocycles. The van der Waals surface area contributed by atoms with Crippen molar-refractivity contribution in [2.75, 3.05) is 31.1 Å². The van der Waals surface area contributed by atoms with E-state index in [2.05, 4.69) is 0 Å². The van der Waals surface area contributed by atoms with E-state index in [1.807, 2.05) is 35.2 Å². The Balaban J connectivity index is 1.52. The largest absolute Gasteiger partial charge is 0.481 e. The molecule has 0 radical (unpaired) electrons. The number of piperazine rings is 1. The van der Waals surface area contributed by atoms with Gasteiger partial charge in [0.1, 0.15) is 12.4 Å². The molecular weight excluding hydrogens is 351 g/mol. The predicted octanol–water partition coefficient (Wildman–Crippen LogP) is 2.91. The van der Waals surface area contributed by atoms with Crippen molar-refractivity contribution in [3.8, 4) is 0 Å². The number of amides is 1. The van der Waals surface area contributed by atoms with Crippen LogP contribution < -0.4 is 4.90 Å². The second-order valence-electron chi connectivity index (χ2n) is 6.37. The van der Waals surface area contributed by atoms with Crippen LogP contribution in [-0.4, -0.2) is 48.2 Å². The van der Waals surface area contributed by atoms with Gasteiger partial charge in [0.15, 0.2) is 0 Å². The highest BCUT2D eigenvalue weighted by molar-refractivity contribution is 5.70. The van der Waals surface area contributed by atoms with Crippen molar-refractivity contribution in [2.45, 2.75) is 13.0 Å². The Labute approximate surface area is 156 Å². The average molecular weight is 372 g/mol. The lowest BCUT2D eigenvalue weighted by Crippen LogP contribution is -2.49. The van der Waals surface area contributed by atoms with E-state index < -0.39 is 11.8 Å². The number of aliphatic carboxylic acids is 1. The monoisotopic (exact) mass is 372 g/mol. The lowest BCUT2D eigenvalue weighted by atomic mass is 10.1. The number of hydrogen-bond acceptors (Lipinski definition) is 4. The average Bonchev–Trinajstić information content (AvgIpc) is 2.67. The van der Waals surface area contributed by atoms with Crippen LogP contribution in [0.2, 0.25) is 0 Å². The highest BCUT2D eigenvalue weighted by atomic mass is 19.1. The quantitative estimate of drug-likeness (QED) is 0.874. The van der Waals surface area contributed by atoms with Gasteiger partial charge >= 0.3 is 12.1 Å². The van der Waals surface area contributed by atoms with Crippen molar-refractivity contribution >= 4 is 17.7 Å². The number of hydrogen-bond donors (Lipinski definition) is 1. The van der Waals surface area contributed by atoms with Gasteiger partial charge in [0.2, 0.25) is 0 Å². The van der Waals surface area contributed by atoms with Crippen molar-refractivity contribution in [2.24, 2.45) is 0 Å². The van der Waals surface area contributed by atoms with Crippen LogP contribution in [0.1, 0.15) is 11.1 Å². The maximum Gasteiger partial charge on any atom is 0.410 e. The molecule has 7 heteroatoms. The first-order valence-corrected chi connectivity index (χ1v) is 8.74. The molecule has 1 amide bonds. The van der Waals surface area contributed by atoms with Crippen LogP contribution in [0.4, 0.5) is 14.9 Å². The second kappa shape index (κ2) is 8.53. The summed E-state index contributed by atoms with van der Waals surface area (Å²) in [6.07, 6.45) is -0.589. The fourth-order valence-electron chi connectivity index (χ4n) is 3.03. The molecule has 2 aromatic carbocycles. The molecule has 0 spiro atoms. The van der Waals surface area contributed by atoms with Crippen LogP contribution in [0.15, 0.2) is 48.5 Å². The molecular formula is C20H21FN2O4. The maximum absolute atomic E-state index is 14.3. The Morgan fingerprint density at radius 2 is 1.70 bits per heavy atom. The summed E-state index contributed by atoms with van der Waals surface area (Å²) >= 11 is 0. The molecule has 0 aromatic heterocycles. The molecule has 142 valence electrons. The van der Waals surface area contributed by atoms with Crippen LogP contribution >= 0.6 is 0 Å². The van der Waals surface area contributed by atoms with Crippen molar-refractivity contribution in [1.82, 2.24) is 4.90 Å². The van der Waals surface area contributed by atoms with Crippen molar-refractivity contribution in [3.05, 3.63) is 65.5 Å². The summed E-state index contributed by atoms with van der Waals surface area (Å²) in [7, 11) is 0. The zero-order valence-corrected chi connectivity index (χ0v) is 14.8. The lowest BCUT2D eigenvalue weighted by Gasteiger charge is -2.35. The van der Waals surface area contributed by atoms with Crippen molar-refractivity contribution in [3.63, 3.8) is 0 Å². The molecule has 2 aromatic rings. The summed E-state index contributed by atoms with van der Waals surface area (Å²) in [5.41, 5.74) is 1.77. The highest BCUT2D eigenvalue weighted by Crippen LogP contribution is 2.22. The highest BCUT2D eigenvalue weighted by Gasteiger charge is 2.24. The normalized spacial score (nSPS) is 14.1. The van der Waals surface area contributed by atoms with E-state index in [4.69, 9.17) is 9.84 Å². The SMILES string of the molecule is O=C(O)Cc1ccc(N2CCN(C(=O)OCc3ccccc3)CC2)c(F)c1. The Morgan fingerprint density at radius 1 is 1.00 bits per heavy atom. The third-order valence-corrected chi connectivity index (χ3v) is 4.45. The first kappa shape index (κ1) is 18.7. The lowest BCUT2D eigenvalue weighted by molar-refractivity contribution is -0.136. The van der Waals surface area contributed by atoms with E-state index in [9.17, 15) is 14.0 Å². The smallest absolute Gasteiger partial charge is 0.410 e. The predicted molar refractivity (Wildman–Crippen MR) is 98.2 cm³/mol. The van der Waals surface area contributed by atoms with Gasteiger partial charge in [0.25, 0.3) is 0 Å². The number of anilines is 1. The van der Waals surface area contributed by atoms with Crippen molar-refractivity contribution in [1.29, 1.82) is 0 Å². The molecule has 27 heavy (non-hydrogen) atoms. The number of carbonyl (C=O) groups excluding carboxylic acids is 1. The summed E-state index contributed by atoms with van der Waals surface area (Å²) < 4.78 is 19.6. The fraction of sp³-hybridized carbons (Fsp3) is 0.300. The summed E-state index contributed by atoms with van der Waals surface area (Å²) in [5, 5.41) is 8.79. The van der Waals surface area contributed by atoms with Crippen LogP contribution in [0.5, 0.6) is 0 Å². The minimum atomic E-state index is -0.996. The summed E-state index contributed by atoms with van der Waals surface area (Å²) in [4.78, 5) is 26.4. The zero-order chi connectivity index (χ0) is 19.2. The molecule has 1 N–H and O–H groups in total. The molecule has 0 unspecified atom stereocenters. The van der Waals surface area contributed by atoms with Gasteiger partial charge in [0, 0.05) is 26.2 Å². The van der Waals surface area contributed by atoms with Gasteiger partial charge in [-0.15, -0.1) is 0 Å². The molecule has 0 atom stereocenters. The Hall–Kier alpha value is -3.09. The van der Waals surface area contributed by atoms with Gasteiger partial charge in [-0.1, -0.05) is 36.4 Å². The van der Waals surface area contributed by atoms with E-state index >= 15 is 0 Å². The number of ether oxygens (including phenoxy) is 1. The fourth-order valence-corrected chi connectivity index (χ4v) is 3.03. The van der Waals surface area contributed by atoms with E-state index in [0.29, 0.717) is 37.4 Å². The summed E-state index contributed by atoms with van der Waals surface area (Å²) in [5.74, 6) is -1.45. The van der Waals surface area contributed by atoms with E-state index in [-0.39, 0.29) is 19.1 Å². The third kappa shape index (κ3) is 4.97. The van der Waals surface area contributed by atoms with Crippen LogP contribution in [0, 0.1) is 5.82 Å². The summed E-state index contributed by atoms with van der Waals surface area (Å²) in [6, 6.07) is 13.9. The zero-order valence-electron chi connectivity index (χ0n) is 14.8. The first-order chi connectivity index (χ1) is 13.0. The number of nitrogens with zero attached hydrogens (tertiary/aromatic N) is 2. The number of halogens is 1.